The van der Waals surface area contributed by atoms with E-state index in [0.717, 1.165) is 25.7 Å². The second kappa shape index (κ2) is 6.85. The molecular weight excluding hydrogens is 291 g/mol. The number of nitrogens with zero attached hydrogens (tertiary/aromatic N) is 1. The highest BCUT2D eigenvalue weighted by Gasteiger charge is 2.31. The van der Waals surface area contributed by atoms with Crippen LogP contribution in [0.2, 0.25) is 0 Å². The summed E-state index contributed by atoms with van der Waals surface area (Å²) in [5.41, 5.74) is 5.70. The molecule has 1 aromatic carbocycles. The molecule has 1 fully saturated rings. The lowest BCUT2D eigenvalue weighted by Gasteiger charge is -2.32. The Labute approximate surface area is 126 Å². The molecule has 0 bridgehead atoms. The van der Waals surface area contributed by atoms with E-state index in [4.69, 9.17) is 5.73 Å². The topological polar surface area (TPSA) is 63.4 Å². The zero-order valence-corrected chi connectivity index (χ0v) is 13.2. The van der Waals surface area contributed by atoms with E-state index in [1.807, 2.05) is 6.92 Å². The van der Waals surface area contributed by atoms with E-state index in [1.54, 1.807) is 4.31 Å². The predicted molar refractivity (Wildman–Crippen MR) is 80.7 cm³/mol. The second-order valence-electron chi connectivity index (χ2n) is 5.46. The number of sulfonamides is 1. The van der Waals surface area contributed by atoms with Crippen molar-refractivity contribution in [3.8, 4) is 0 Å². The van der Waals surface area contributed by atoms with Gasteiger partial charge in [0.15, 0.2) is 0 Å². The summed E-state index contributed by atoms with van der Waals surface area (Å²) in [4.78, 5) is 0.136. The fourth-order valence-electron chi connectivity index (χ4n) is 3.00. The largest absolute Gasteiger partial charge is 0.326 e. The molecule has 1 aromatic rings. The molecule has 0 unspecified atom stereocenters. The van der Waals surface area contributed by atoms with Crippen molar-refractivity contribution in [1.29, 1.82) is 0 Å². The lowest BCUT2D eigenvalue weighted by atomic mass is 9.95. The lowest BCUT2D eigenvalue weighted by Crippen LogP contribution is -2.41. The van der Waals surface area contributed by atoms with Crippen LogP contribution in [0.15, 0.2) is 23.1 Å². The van der Waals surface area contributed by atoms with Gasteiger partial charge in [0.1, 0.15) is 5.82 Å². The molecular formula is C15H23FN2O2S. The van der Waals surface area contributed by atoms with Gasteiger partial charge in [-0.3, -0.25) is 0 Å². The molecule has 0 radical (unpaired) electrons. The van der Waals surface area contributed by atoms with Crippen LogP contribution in [0.25, 0.3) is 0 Å². The van der Waals surface area contributed by atoms with Gasteiger partial charge in [-0.1, -0.05) is 26.2 Å². The Morgan fingerprint density at radius 1 is 1.29 bits per heavy atom. The number of halogens is 1. The van der Waals surface area contributed by atoms with Crippen LogP contribution in [0.3, 0.4) is 0 Å². The van der Waals surface area contributed by atoms with Crippen molar-refractivity contribution < 1.29 is 12.8 Å². The number of hydrogen-bond donors (Lipinski definition) is 1. The summed E-state index contributed by atoms with van der Waals surface area (Å²) in [7, 11) is -3.59. The molecule has 6 heteroatoms. The summed E-state index contributed by atoms with van der Waals surface area (Å²) in [5.74, 6) is -0.461. The monoisotopic (exact) mass is 314 g/mol. The Morgan fingerprint density at radius 3 is 2.52 bits per heavy atom. The Kier molecular flexibility index (Phi) is 5.35. The van der Waals surface area contributed by atoms with Crippen LogP contribution in [-0.2, 0) is 16.6 Å². The molecule has 1 aliphatic rings. The summed E-state index contributed by atoms with van der Waals surface area (Å²) in [6, 6.07) is 3.93. The third kappa shape index (κ3) is 3.44. The van der Waals surface area contributed by atoms with Crippen LogP contribution in [0, 0.1) is 5.82 Å². The van der Waals surface area contributed by atoms with Gasteiger partial charge in [0.2, 0.25) is 10.0 Å². The van der Waals surface area contributed by atoms with Gasteiger partial charge in [-0.25, -0.2) is 12.8 Å². The Bertz CT molecular complexity index is 583. The fourth-order valence-corrected chi connectivity index (χ4v) is 4.74. The minimum atomic E-state index is -3.59. The van der Waals surface area contributed by atoms with E-state index < -0.39 is 15.8 Å². The first kappa shape index (κ1) is 16.4. The first-order chi connectivity index (χ1) is 10.0. The van der Waals surface area contributed by atoms with Gasteiger partial charge in [-0.2, -0.15) is 4.31 Å². The van der Waals surface area contributed by atoms with Crippen molar-refractivity contribution in [2.75, 3.05) is 6.54 Å². The van der Waals surface area contributed by atoms with E-state index >= 15 is 0 Å². The minimum absolute atomic E-state index is 0.00918. The molecule has 1 saturated carbocycles. The maximum atomic E-state index is 13.5. The Morgan fingerprint density at radius 2 is 1.95 bits per heavy atom. The van der Waals surface area contributed by atoms with Crippen LogP contribution in [0.1, 0.15) is 44.6 Å². The smallest absolute Gasteiger partial charge is 0.243 e. The molecule has 4 nitrogen and oxygen atoms in total. The lowest BCUT2D eigenvalue weighted by molar-refractivity contribution is 0.261. The molecule has 0 aromatic heterocycles. The molecule has 118 valence electrons. The maximum Gasteiger partial charge on any atom is 0.243 e. The van der Waals surface area contributed by atoms with Crippen molar-refractivity contribution in [1.82, 2.24) is 4.31 Å². The summed E-state index contributed by atoms with van der Waals surface area (Å²) in [5, 5.41) is 0. The van der Waals surface area contributed by atoms with Crippen molar-refractivity contribution >= 4 is 10.0 Å². The third-order valence-electron chi connectivity index (χ3n) is 4.14. The SMILES string of the molecule is CCN(C1CCCCC1)S(=O)(=O)c1ccc(F)c(CN)c1. The van der Waals surface area contributed by atoms with Crippen LogP contribution in [0.5, 0.6) is 0 Å². The standard InChI is InChI=1S/C15H23FN2O2S/c1-2-18(13-6-4-3-5-7-13)21(19,20)14-8-9-15(16)12(10-14)11-17/h8-10,13H,2-7,11,17H2,1H3. The molecule has 0 amide bonds. The molecule has 2 N–H and O–H groups in total. The second-order valence-corrected chi connectivity index (χ2v) is 7.35. The van der Waals surface area contributed by atoms with Crippen molar-refractivity contribution in [3.63, 3.8) is 0 Å². The molecule has 2 rings (SSSR count). The summed E-state index contributed by atoms with van der Waals surface area (Å²) in [6.07, 6.45) is 5.10. The fraction of sp³-hybridized carbons (Fsp3) is 0.600. The normalized spacial score (nSPS) is 17.3. The van der Waals surface area contributed by atoms with Crippen LogP contribution in [0.4, 0.5) is 4.39 Å². The van der Waals surface area contributed by atoms with Crippen molar-refractivity contribution in [2.45, 2.75) is 56.5 Å². The molecule has 0 aliphatic heterocycles. The van der Waals surface area contributed by atoms with Gasteiger partial charge in [0.05, 0.1) is 4.90 Å². The quantitative estimate of drug-likeness (QED) is 0.908. The first-order valence-electron chi connectivity index (χ1n) is 7.51. The van der Waals surface area contributed by atoms with Crippen LogP contribution in [-0.4, -0.2) is 25.3 Å². The van der Waals surface area contributed by atoms with Crippen molar-refractivity contribution in [2.24, 2.45) is 5.73 Å². The highest BCUT2D eigenvalue weighted by atomic mass is 32.2. The maximum absolute atomic E-state index is 13.5. The van der Waals surface area contributed by atoms with E-state index in [9.17, 15) is 12.8 Å². The third-order valence-corrected chi connectivity index (χ3v) is 6.16. The average Bonchev–Trinajstić information content (AvgIpc) is 2.49. The zero-order chi connectivity index (χ0) is 15.5. The highest BCUT2D eigenvalue weighted by molar-refractivity contribution is 7.89. The molecule has 1 aliphatic carbocycles. The number of nitrogens with two attached hydrogens (primary N) is 1. The van der Waals surface area contributed by atoms with Gasteiger partial charge in [-0.05, 0) is 31.0 Å². The van der Waals surface area contributed by atoms with Crippen LogP contribution >= 0.6 is 0 Å². The van der Waals surface area contributed by atoms with E-state index in [2.05, 4.69) is 0 Å². The number of benzene rings is 1. The zero-order valence-electron chi connectivity index (χ0n) is 12.4. The van der Waals surface area contributed by atoms with Gasteiger partial charge >= 0.3 is 0 Å². The summed E-state index contributed by atoms with van der Waals surface area (Å²) >= 11 is 0. The molecule has 0 saturated heterocycles. The van der Waals surface area contributed by atoms with E-state index in [1.165, 1.54) is 24.6 Å². The van der Waals surface area contributed by atoms with Crippen molar-refractivity contribution in [3.05, 3.63) is 29.6 Å². The number of hydrogen-bond acceptors (Lipinski definition) is 3. The minimum Gasteiger partial charge on any atom is -0.326 e. The Balaban J connectivity index is 2.34. The summed E-state index contributed by atoms with van der Waals surface area (Å²) < 4.78 is 40.7. The van der Waals surface area contributed by atoms with Gasteiger partial charge < -0.3 is 5.73 Å². The summed E-state index contributed by atoms with van der Waals surface area (Å²) in [6.45, 7) is 2.27. The predicted octanol–water partition coefficient (Wildman–Crippen LogP) is 2.63. The molecule has 21 heavy (non-hydrogen) atoms. The number of rotatable bonds is 5. The molecule has 0 heterocycles. The van der Waals surface area contributed by atoms with Gasteiger partial charge in [-0.15, -0.1) is 0 Å². The molecule has 0 spiro atoms. The van der Waals surface area contributed by atoms with Gasteiger partial charge in [0, 0.05) is 24.7 Å². The van der Waals surface area contributed by atoms with Gasteiger partial charge in [0.25, 0.3) is 0 Å². The van der Waals surface area contributed by atoms with E-state index in [-0.39, 0.29) is 23.0 Å². The van der Waals surface area contributed by atoms with Crippen LogP contribution < -0.4 is 5.73 Å². The first-order valence-corrected chi connectivity index (χ1v) is 8.95. The Hall–Kier alpha value is -0.980. The van der Waals surface area contributed by atoms with E-state index in [0.29, 0.717) is 6.54 Å². The molecule has 0 atom stereocenters. The highest BCUT2D eigenvalue weighted by Crippen LogP contribution is 2.28. The average molecular weight is 314 g/mol.